The van der Waals surface area contributed by atoms with Crippen LogP contribution in [0.2, 0.25) is 0 Å². The minimum Gasteiger partial charge on any atom is -0.309 e. The van der Waals surface area contributed by atoms with Crippen molar-refractivity contribution in [1.82, 2.24) is 0 Å². The molecule has 17 heavy (non-hydrogen) atoms. The van der Waals surface area contributed by atoms with Crippen LogP contribution in [-0.4, -0.2) is 24.7 Å². The van der Waals surface area contributed by atoms with Gasteiger partial charge in [-0.25, -0.2) is 0 Å². The Morgan fingerprint density at radius 3 is 2.29 bits per heavy atom. The van der Waals surface area contributed by atoms with Gasteiger partial charge in [0.15, 0.2) is 0 Å². The van der Waals surface area contributed by atoms with Crippen LogP contribution in [0, 0.1) is 5.41 Å². The highest BCUT2D eigenvalue weighted by Gasteiger charge is 2.48. The zero-order valence-corrected chi connectivity index (χ0v) is 12.1. The van der Waals surface area contributed by atoms with Crippen LogP contribution in [0.15, 0.2) is 0 Å². The standard InChI is InChI=1S/C12H23O4P/c1-5-15-17(14,16-6-2)11-9-10(13)7-8-12(11,3)4/h11H,5-9H2,1-4H3. The van der Waals surface area contributed by atoms with Crippen molar-refractivity contribution in [2.45, 2.75) is 52.6 Å². The molecular weight excluding hydrogens is 239 g/mol. The molecule has 100 valence electrons. The Morgan fingerprint density at radius 1 is 1.29 bits per heavy atom. The maximum Gasteiger partial charge on any atom is 0.334 e. The lowest BCUT2D eigenvalue weighted by Gasteiger charge is -2.40. The van der Waals surface area contributed by atoms with Gasteiger partial charge in [-0.05, 0) is 25.7 Å². The van der Waals surface area contributed by atoms with Gasteiger partial charge in [0, 0.05) is 12.8 Å². The highest BCUT2D eigenvalue weighted by Crippen LogP contribution is 2.62. The molecule has 0 spiro atoms. The Balaban J connectivity index is 2.98. The molecule has 0 aromatic carbocycles. The van der Waals surface area contributed by atoms with Gasteiger partial charge in [-0.1, -0.05) is 13.8 Å². The van der Waals surface area contributed by atoms with E-state index in [1.54, 1.807) is 13.8 Å². The fraction of sp³-hybridized carbons (Fsp3) is 0.917. The van der Waals surface area contributed by atoms with Gasteiger partial charge >= 0.3 is 7.60 Å². The van der Waals surface area contributed by atoms with E-state index in [-0.39, 0.29) is 16.9 Å². The highest BCUT2D eigenvalue weighted by atomic mass is 31.2. The molecule has 4 nitrogen and oxygen atoms in total. The summed E-state index contributed by atoms with van der Waals surface area (Å²) in [5.74, 6) is 0.161. The molecule has 0 aromatic heterocycles. The zero-order chi connectivity index (χ0) is 13.1. The van der Waals surface area contributed by atoms with Crippen molar-refractivity contribution in [2.24, 2.45) is 5.41 Å². The molecule has 0 N–H and O–H groups in total. The molecular formula is C12H23O4P. The first-order chi connectivity index (χ1) is 7.85. The van der Waals surface area contributed by atoms with E-state index in [9.17, 15) is 9.36 Å². The number of carbonyl (C=O) groups is 1. The molecule has 1 atom stereocenters. The van der Waals surface area contributed by atoms with Crippen molar-refractivity contribution in [3.63, 3.8) is 0 Å². The van der Waals surface area contributed by atoms with Crippen LogP contribution in [0.4, 0.5) is 0 Å². The second-order valence-corrected chi connectivity index (χ2v) is 7.34. The second kappa shape index (κ2) is 5.64. The zero-order valence-electron chi connectivity index (χ0n) is 11.2. The Hall–Kier alpha value is -0.180. The molecule has 1 aliphatic rings. The fourth-order valence-corrected chi connectivity index (χ4v) is 4.91. The monoisotopic (exact) mass is 262 g/mol. The summed E-state index contributed by atoms with van der Waals surface area (Å²) in [4.78, 5) is 11.6. The van der Waals surface area contributed by atoms with E-state index < -0.39 is 7.60 Å². The Bertz CT molecular complexity index is 314. The van der Waals surface area contributed by atoms with E-state index in [4.69, 9.17) is 9.05 Å². The lowest BCUT2D eigenvalue weighted by atomic mass is 9.76. The van der Waals surface area contributed by atoms with Gasteiger partial charge in [0.25, 0.3) is 0 Å². The second-order valence-electron chi connectivity index (χ2n) is 5.12. The van der Waals surface area contributed by atoms with Crippen molar-refractivity contribution in [3.8, 4) is 0 Å². The van der Waals surface area contributed by atoms with E-state index in [1.165, 1.54) is 0 Å². The lowest BCUT2D eigenvalue weighted by Crippen LogP contribution is -2.37. The summed E-state index contributed by atoms with van der Waals surface area (Å²) in [6, 6.07) is 0. The summed E-state index contributed by atoms with van der Waals surface area (Å²) in [7, 11) is -3.17. The maximum atomic E-state index is 12.7. The molecule has 1 fully saturated rings. The molecule has 0 heterocycles. The smallest absolute Gasteiger partial charge is 0.309 e. The summed E-state index contributed by atoms with van der Waals surface area (Å²) < 4.78 is 23.5. The first-order valence-electron chi connectivity index (χ1n) is 6.26. The molecule has 5 heteroatoms. The number of hydrogen-bond donors (Lipinski definition) is 0. The third kappa shape index (κ3) is 3.40. The van der Waals surface area contributed by atoms with Crippen molar-refractivity contribution in [1.29, 1.82) is 0 Å². The molecule has 0 aromatic rings. The molecule has 0 amide bonds. The van der Waals surface area contributed by atoms with Crippen LogP contribution in [-0.2, 0) is 18.4 Å². The number of carbonyl (C=O) groups excluding carboxylic acids is 1. The first kappa shape index (κ1) is 14.9. The molecule has 0 radical (unpaired) electrons. The van der Waals surface area contributed by atoms with Crippen LogP contribution in [0.5, 0.6) is 0 Å². The lowest BCUT2D eigenvalue weighted by molar-refractivity contribution is -0.122. The van der Waals surface area contributed by atoms with Gasteiger partial charge in [0.2, 0.25) is 0 Å². The summed E-state index contributed by atoms with van der Waals surface area (Å²) in [6.07, 6.45) is 1.63. The SMILES string of the molecule is CCOP(=O)(OCC)C1CC(=O)CCC1(C)C. The topological polar surface area (TPSA) is 52.6 Å². The van der Waals surface area contributed by atoms with E-state index in [0.717, 1.165) is 6.42 Å². The summed E-state index contributed by atoms with van der Waals surface area (Å²) in [6.45, 7) is 8.35. The van der Waals surface area contributed by atoms with E-state index >= 15 is 0 Å². The van der Waals surface area contributed by atoms with Crippen molar-refractivity contribution < 1.29 is 18.4 Å². The number of hydrogen-bond acceptors (Lipinski definition) is 4. The quantitative estimate of drug-likeness (QED) is 0.712. The predicted molar refractivity (Wildman–Crippen MR) is 67.3 cm³/mol. The first-order valence-corrected chi connectivity index (χ1v) is 7.87. The van der Waals surface area contributed by atoms with E-state index in [0.29, 0.717) is 26.1 Å². The summed E-state index contributed by atoms with van der Waals surface area (Å²) >= 11 is 0. The Labute approximate surface area is 104 Å². The van der Waals surface area contributed by atoms with Gasteiger partial charge in [-0.3, -0.25) is 9.36 Å². The molecule has 0 bridgehead atoms. The van der Waals surface area contributed by atoms with Gasteiger partial charge in [0.1, 0.15) is 5.78 Å². The minimum absolute atomic E-state index is 0.161. The largest absolute Gasteiger partial charge is 0.334 e. The van der Waals surface area contributed by atoms with Gasteiger partial charge in [-0.2, -0.15) is 0 Å². The van der Waals surface area contributed by atoms with Crippen LogP contribution < -0.4 is 0 Å². The van der Waals surface area contributed by atoms with Crippen LogP contribution in [0.1, 0.15) is 47.0 Å². The average Bonchev–Trinajstić information content (AvgIpc) is 2.22. The summed E-state index contributed by atoms with van der Waals surface area (Å²) in [5.41, 5.74) is -0.482. The fourth-order valence-electron chi connectivity index (χ4n) is 2.34. The Morgan fingerprint density at radius 2 is 1.82 bits per heavy atom. The molecule has 0 saturated heterocycles. The predicted octanol–water partition coefficient (Wildman–Crippen LogP) is 3.40. The third-order valence-corrected chi connectivity index (χ3v) is 6.25. The van der Waals surface area contributed by atoms with Crippen molar-refractivity contribution >= 4 is 13.4 Å². The number of Topliss-reactive ketones (excluding diaryl/α,β-unsaturated/α-hetero) is 1. The summed E-state index contributed by atoms with van der Waals surface area (Å²) in [5, 5.41) is 0. The van der Waals surface area contributed by atoms with E-state index in [1.807, 2.05) is 13.8 Å². The Kier molecular flexibility index (Phi) is 4.94. The molecule has 0 aliphatic heterocycles. The number of rotatable bonds is 5. The highest BCUT2D eigenvalue weighted by molar-refractivity contribution is 7.54. The van der Waals surface area contributed by atoms with Crippen LogP contribution in [0.3, 0.4) is 0 Å². The molecule has 1 rings (SSSR count). The average molecular weight is 262 g/mol. The van der Waals surface area contributed by atoms with Gasteiger partial charge in [0.05, 0.1) is 18.9 Å². The van der Waals surface area contributed by atoms with Crippen molar-refractivity contribution in [3.05, 3.63) is 0 Å². The molecule has 1 aliphatic carbocycles. The van der Waals surface area contributed by atoms with Crippen molar-refractivity contribution in [2.75, 3.05) is 13.2 Å². The van der Waals surface area contributed by atoms with Crippen LogP contribution >= 0.6 is 7.60 Å². The number of ketones is 1. The normalized spacial score (nSPS) is 24.9. The third-order valence-electron chi connectivity index (χ3n) is 3.37. The van der Waals surface area contributed by atoms with Gasteiger partial charge in [-0.15, -0.1) is 0 Å². The molecule has 1 unspecified atom stereocenters. The molecule has 1 saturated carbocycles. The minimum atomic E-state index is -3.17. The maximum absolute atomic E-state index is 12.7. The van der Waals surface area contributed by atoms with E-state index in [2.05, 4.69) is 0 Å². The van der Waals surface area contributed by atoms with Gasteiger partial charge < -0.3 is 9.05 Å². The van der Waals surface area contributed by atoms with Crippen LogP contribution in [0.25, 0.3) is 0 Å².